The van der Waals surface area contributed by atoms with Crippen molar-refractivity contribution in [1.29, 1.82) is 0 Å². The Balaban J connectivity index is 2.08. The largest absolute Gasteiger partial charge is 0.476 e. The Morgan fingerprint density at radius 2 is 2.11 bits per heavy atom. The van der Waals surface area contributed by atoms with Crippen molar-refractivity contribution in [1.82, 2.24) is 4.98 Å². The third-order valence-corrected chi connectivity index (χ3v) is 3.43. The summed E-state index contributed by atoms with van der Waals surface area (Å²) in [6.45, 7) is 7.20. The molecule has 0 aromatic carbocycles. The van der Waals surface area contributed by atoms with Gasteiger partial charge in [0.05, 0.1) is 12.3 Å². The number of pyridine rings is 1. The number of anilines is 2. The van der Waals surface area contributed by atoms with Gasteiger partial charge in [0.1, 0.15) is 5.82 Å². The van der Waals surface area contributed by atoms with E-state index in [1.807, 2.05) is 12.1 Å². The summed E-state index contributed by atoms with van der Waals surface area (Å²) in [5, 5.41) is 0. The lowest BCUT2D eigenvalue weighted by atomic mass is 9.99. The standard InChI is InChI=1S/C14H23N3O/c1-3-10-18-14-12(15)4-5-13(16-14)17-8-6-11(2)7-9-17/h4-5,11H,3,6-10,15H2,1-2H3. The zero-order valence-corrected chi connectivity index (χ0v) is 11.4. The molecule has 0 radical (unpaired) electrons. The molecule has 0 unspecified atom stereocenters. The third-order valence-electron chi connectivity index (χ3n) is 3.43. The highest BCUT2D eigenvalue weighted by Crippen LogP contribution is 2.26. The van der Waals surface area contributed by atoms with Gasteiger partial charge in [-0.3, -0.25) is 0 Å². The second kappa shape index (κ2) is 5.94. The molecular formula is C14H23N3O. The Morgan fingerprint density at radius 3 is 2.78 bits per heavy atom. The first-order valence-electron chi connectivity index (χ1n) is 6.85. The lowest BCUT2D eigenvalue weighted by Crippen LogP contribution is -2.33. The van der Waals surface area contributed by atoms with Crippen LogP contribution in [0.3, 0.4) is 0 Å². The van der Waals surface area contributed by atoms with E-state index in [-0.39, 0.29) is 0 Å². The van der Waals surface area contributed by atoms with E-state index in [2.05, 4.69) is 23.7 Å². The number of rotatable bonds is 4. The highest BCUT2D eigenvalue weighted by atomic mass is 16.5. The van der Waals surface area contributed by atoms with Gasteiger partial charge in [-0.15, -0.1) is 0 Å². The van der Waals surface area contributed by atoms with Crippen molar-refractivity contribution < 1.29 is 4.74 Å². The van der Waals surface area contributed by atoms with Gasteiger partial charge in [0.2, 0.25) is 5.88 Å². The fourth-order valence-electron chi connectivity index (χ4n) is 2.17. The minimum atomic E-state index is 0.577. The first-order chi connectivity index (χ1) is 8.70. The predicted molar refractivity (Wildman–Crippen MR) is 75.0 cm³/mol. The maximum Gasteiger partial charge on any atom is 0.239 e. The van der Waals surface area contributed by atoms with E-state index < -0.39 is 0 Å². The number of aromatic nitrogens is 1. The molecule has 0 bridgehead atoms. The van der Waals surface area contributed by atoms with Crippen LogP contribution in [-0.2, 0) is 0 Å². The summed E-state index contributed by atoms with van der Waals surface area (Å²) in [5.74, 6) is 2.39. The summed E-state index contributed by atoms with van der Waals surface area (Å²) in [6, 6.07) is 3.88. The molecule has 0 aliphatic carbocycles. The van der Waals surface area contributed by atoms with E-state index in [4.69, 9.17) is 10.5 Å². The molecule has 1 aliphatic rings. The molecule has 1 fully saturated rings. The molecule has 0 amide bonds. The van der Waals surface area contributed by atoms with Crippen molar-refractivity contribution >= 4 is 11.5 Å². The van der Waals surface area contributed by atoms with Gasteiger partial charge in [-0.05, 0) is 37.3 Å². The summed E-state index contributed by atoms with van der Waals surface area (Å²) in [4.78, 5) is 6.85. The van der Waals surface area contributed by atoms with Gasteiger partial charge in [-0.2, -0.15) is 4.98 Å². The van der Waals surface area contributed by atoms with Gasteiger partial charge in [0.15, 0.2) is 0 Å². The molecule has 4 nitrogen and oxygen atoms in total. The Kier molecular flexibility index (Phi) is 4.28. The maximum absolute atomic E-state index is 5.88. The van der Waals surface area contributed by atoms with Crippen molar-refractivity contribution in [3.05, 3.63) is 12.1 Å². The van der Waals surface area contributed by atoms with Crippen LogP contribution in [0.4, 0.5) is 11.5 Å². The quantitative estimate of drug-likeness (QED) is 0.891. The number of piperidine rings is 1. The lowest BCUT2D eigenvalue weighted by molar-refractivity contribution is 0.307. The first-order valence-corrected chi connectivity index (χ1v) is 6.85. The maximum atomic E-state index is 5.88. The Labute approximate surface area is 109 Å². The first kappa shape index (κ1) is 13.0. The van der Waals surface area contributed by atoms with Crippen LogP contribution >= 0.6 is 0 Å². The molecule has 0 spiro atoms. The number of hydrogen-bond acceptors (Lipinski definition) is 4. The van der Waals surface area contributed by atoms with Crippen LogP contribution in [0, 0.1) is 5.92 Å². The van der Waals surface area contributed by atoms with Crippen LogP contribution in [-0.4, -0.2) is 24.7 Å². The second-order valence-electron chi connectivity index (χ2n) is 5.08. The number of nitrogens with zero attached hydrogens (tertiary/aromatic N) is 2. The summed E-state index contributed by atoms with van der Waals surface area (Å²) in [5.41, 5.74) is 6.50. The van der Waals surface area contributed by atoms with Crippen LogP contribution < -0.4 is 15.4 Å². The molecule has 1 aromatic heterocycles. The van der Waals surface area contributed by atoms with Crippen molar-refractivity contribution in [3.63, 3.8) is 0 Å². The molecule has 2 rings (SSSR count). The minimum absolute atomic E-state index is 0.577. The SMILES string of the molecule is CCCOc1nc(N2CCC(C)CC2)ccc1N. The van der Waals surface area contributed by atoms with Crippen LogP contribution in [0.5, 0.6) is 5.88 Å². The average molecular weight is 249 g/mol. The Hall–Kier alpha value is -1.45. The number of nitrogens with two attached hydrogens (primary N) is 1. The average Bonchev–Trinajstić information content (AvgIpc) is 2.39. The number of hydrogen-bond donors (Lipinski definition) is 1. The Morgan fingerprint density at radius 1 is 1.39 bits per heavy atom. The van der Waals surface area contributed by atoms with E-state index >= 15 is 0 Å². The molecule has 1 aromatic rings. The summed E-state index contributed by atoms with van der Waals surface area (Å²) < 4.78 is 5.58. The topological polar surface area (TPSA) is 51.4 Å². The highest BCUT2D eigenvalue weighted by molar-refractivity contribution is 5.54. The fraction of sp³-hybridized carbons (Fsp3) is 0.643. The van der Waals surface area contributed by atoms with Crippen LogP contribution in [0.2, 0.25) is 0 Å². The normalized spacial score (nSPS) is 16.9. The van der Waals surface area contributed by atoms with E-state index in [1.165, 1.54) is 12.8 Å². The van der Waals surface area contributed by atoms with Gasteiger partial charge in [-0.1, -0.05) is 13.8 Å². The van der Waals surface area contributed by atoms with Crippen LogP contribution in [0.25, 0.3) is 0 Å². The number of ether oxygens (including phenoxy) is 1. The molecule has 0 atom stereocenters. The second-order valence-corrected chi connectivity index (χ2v) is 5.08. The smallest absolute Gasteiger partial charge is 0.239 e. The molecular weight excluding hydrogens is 226 g/mol. The summed E-state index contributed by atoms with van der Waals surface area (Å²) >= 11 is 0. The van der Waals surface area contributed by atoms with Crippen molar-refractivity contribution in [2.45, 2.75) is 33.1 Å². The lowest BCUT2D eigenvalue weighted by Gasteiger charge is -2.31. The van der Waals surface area contributed by atoms with E-state index in [9.17, 15) is 0 Å². The zero-order valence-electron chi connectivity index (χ0n) is 11.4. The molecule has 18 heavy (non-hydrogen) atoms. The van der Waals surface area contributed by atoms with Gasteiger partial charge in [0, 0.05) is 13.1 Å². The summed E-state index contributed by atoms with van der Waals surface area (Å²) in [7, 11) is 0. The van der Waals surface area contributed by atoms with Crippen molar-refractivity contribution in [2.24, 2.45) is 5.92 Å². The van der Waals surface area contributed by atoms with Gasteiger partial charge in [0.25, 0.3) is 0 Å². The summed E-state index contributed by atoms with van der Waals surface area (Å²) in [6.07, 6.45) is 3.43. The van der Waals surface area contributed by atoms with Crippen molar-refractivity contribution in [2.75, 3.05) is 30.3 Å². The van der Waals surface area contributed by atoms with Crippen LogP contribution in [0.15, 0.2) is 12.1 Å². The van der Waals surface area contributed by atoms with E-state index in [0.29, 0.717) is 18.2 Å². The molecule has 0 saturated carbocycles. The van der Waals surface area contributed by atoms with E-state index in [1.54, 1.807) is 0 Å². The molecule has 1 aliphatic heterocycles. The van der Waals surface area contributed by atoms with Gasteiger partial charge in [-0.25, -0.2) is 0 Å². The molecule has 2 N–H and O–H groups in total. The molecule has 100 valence electrons. The minimum Gasteiger partial charge on any atom is -0.476 e. The highest BCUT2D eigenvalue weighted by Gasteiger charge is 2.17. The molecule has 1 saturated heterocycles. The number of nitrogen functional groups attached to an aromatic ring is 1. The van der Waals surface area contributed by atoms with Gasteiger partial charge < -0.3 is 15.4 Å². The molecule has 2 heterocycles. The van der Waals surface area contributed by atoms with E-state index in [0.717, 1.165) is 31.2 Å². The van der Waals surface area contributed by atoms with Crippen LogP contribution in [0.1, 0.15) is 33.1 Å². The monoisotopic (exact) mass is 249 g/mol. The van der Waals surface area contributed by atoms with Crippen molar-refractivity contribution in [3.8, 4) is 5.88 Å². The zero-order chi connectivity index (χ0) is 13.0. The third kappa shape index (κ3) is 3.06. The fourth-order valence-corrected chi connectivity index (χ4v) is 2.17. The Bertz CT molecular complexity index is 387. The predicted octanol–water partition coefficient (Wildman–Crippen LogP) is 2.69. The molecule has 4 heteroatoms. The van der Waals surface area contributed by atoms with Gasteiger partial charge >= 0.3 is 0 Å².